The molecule has 0 saturated carbocycles. The molecule has 92 valence electrons. The molecule has 0 aliphatic rings. The Morgan fingerprint density at radius 1 is 1.33 bits per heavy atom. The van der Waals surface area contributed by atoms with Gasteiger partial charge in [-0.15, -0.1) is 0 Å². The maximum Gasteiger partial charge on any atom is 0.309 e. The van der Waals surface area contributed by atoms with Crippen molar-refractivity contribution in [3.05, 3.63) is 46.4 Å². The Balaban J connectivity index is 2.02. The molecule has 1 amide bonds. The Kier molecular flexibility index (Phi) is 3.69. The molecule has 0 aliphatic carbocycles. The van der Waals surface area contributed by atoms with Crippen LogP contribution in [0, 0.1) is 0 Å². The number of aromatic nitrogens is 1. The molecule has 0 radical (unpaired) electrons. The van der Waals surface area contributed by atoms with E-state index in [2.05, 4.69) is 10.3 Å². The van der Waals surface area contributed by atoms with Gasteiger partial charge in [0.05, 0.1) is 29.6 Å². The van der Waals surface area contributed by atoms with Gasteiger partial charge in [-0.05, 0) is 23.6 Å². The largest absolute Gasteiger partial charge is 0.481 e. The van der Waals surface area contributed by atoms with Gasteiger partial charge in [0.2, 0.25) is 0 Å². The molecule has 0 unspecified atom stereocenters. The highest BCUT2D eigenvalue weighted by molar-refractivity contribution is 7.08. The van der Waals surface area contributed by atoms with E-state index in [0.717, 1.165) is 0 Å². The van der Waals surface area contributed by atoms with Crippen LogP contribution in [0.4, 0.5) is 5.69 Å². The summed E-state index contributed by atoms with van der Waals surface area (Å²) >= 11 is 1.45. The summed E-state index contributed by atoms with van der Waals surface area (Å²) in [5.41, 5.74) is 1.59. The number of carbonyl (C=O) groups excluding carboxylic acids is 1. The minimum Gasteiger partial charge on any atom is -0.481 e. The summed E-state index contributed by atoms with van der Waals surface area (Å²) in [5.74, 6) is -1.14. The smallest absolute Gasteiger partial charge is 0.309 e. The zero-order chi connectivity index (χ0) is 13.0. The Labute approximate surface area is 107 Å². The van der Waals surface area contributed by atoms with Gasteiger partial charge in [0.15, 0.2) is 0 Å². The van der Waals surface area contributed by atoms with Crippen LogP contribution in [-0.4, -0.2) is 22.0 Å². The third-order valence-electron chi connectivity index (χ3n) is 2.20. The molecule has 2 rings (SSSR count). The second-order valence-electron chi connectivity index (χ2n) is 3.57. The highest BCUT2D eigenvalue weighted by Gasteiger charge is 2.07. The molecule has 0 spiro atoms. The van der Waals surface area contributed by atoms with Crippen LogP contribution in [-0.2, 0) is 11.2 Å². The highest BCUT2D eigenvalue weighted by atomic mass is 32.1. The van der Waals surface area contributed by atoms with Gasteiger partial charge in [-0.2, -0.15) is 11.3 Å². The quantitative estimate of drug-likeness (QED) is 0.883. The minimum atomic E-state index is -0.933. The van der Waals surface area contributed by atoms with Crippen LogP contribution in [0.1, 0.15) is 16.1 Å². The normalized spacial score (nSPS) is 10.0. The minimum absolute atomic E-state index is 0.126. The van der Waals surface area contributed by atoms with Crippen LogP contribution in [0.3, 0.4) is 0 Å². The number of nitrogens with zero attached hydrogens (tertiary/aromatic N) is 1. The fourth-order valence-corrected chi connectivity index (χ4v) is 1.99. The molecule has 0 aliphatic heterocycles. The zero-order valence-corrected chi connectivity index (χ0v) is 10.1. The summed E-state index contributed by atoms with van der Waals surface area (Å²) in [7, 11) is 0. The third-order valence-corrected chi connectivity index (χ3v) is 2.88. The van der Waals surface area contributed by atoms with Crippen molar-refractivity contribution in [2.45, 2.75) is 6.42 Å². The average Bonchev–Trinajstić information content (AvgIpc) is 2.84. The number of nitrogens with one attached hydrogen (secondary N) is 1. The van der Waals surface area contributed by atoms with Crippen LogP contribution in [0.2, 0.25) is 0 Å². The van der Waals surface area contributed by atoms with Crippen LogP contribution >= 0.6 is 11.3 Å². The van der Waals surface area contributed by atoms with Crippen molar-refractivity contribution in [1.82, 2.24) is 4.98 Å². The second-order valence-corrected chi connectivity index (χ2v) is 4.35. The lowest BCUT2D eigenvalue weighted by atomic mass is 10.2. The number of rotatable bonds is 4. The molecule has 2 heterocycles. The Hall–Kier alpha value is -2.21. The summed E-state index contributed by atoms with van der Waals surface area (Å²) in [6.45, 7) is 0. The SMILES string of the molecule is O=C(O)Cc1ccc(NC(=O)c2ccsc2)cn1. The summed E-state index contributed by atoms with van der Waals surface area (Å²) in [4.78, 5) is 26.2. The Bertz CT molecular complexity index is 549. The van der Waals surface area contributed by atoms with Crippen molar-refractivity contribution in [2.75, 3.05) is 5.32 Å². The van der Waals surface area contributed by atoms with E-state index in [1.54, 1.807) is 23.6 Å². The first-order valence-corrected chi connectivity index (χ1v) is 6.10. The Morgan fingerprint density at radius 3 is 2.72 bits per heavy atom. The number of carboxylic acid groups (broad SMARTS) is 1. The van der Waals surface area contributed by atoms with E-state index in [1.807, 2.05) is 5.38 Å². The third kappa shape index (κ3) is 3.14. The van der Waals surface area contributed by atoms with Crippen molar-refractivity contribution in [3.8, 4) is 0 Å². The van der Waals surface area contributed by atoms with Crippen molar-refractivity contribution in [1.29, 1.82) is 0 Å². The van der Waals surface area contributed by atoms with Gasteiger partial charge in [-0.25, -0.2) is 0 Å². The molecule has 0 atom stereocenters. The van der Waals surface area contributed by atoms with Gasteiger partial charge in [-0.1, -0.05) is 0 Å². The van der Waals surface area contributed by atoms with E-state index in [1.165, 1.54) is 17.5 Å². The summed E-state index contributed by atoms with van der Waals surface area (Å²) in [6, 6.07) is 4.94. The summed E-state index contributed by atoms with van der Waals surface area (Å²) < 4.78 is 0. The zero-order valence-electron chi connectivity index (χ0n) is 9.29. The van der Waals surface area contributed by atoms with Crippen molar-refractivity contribution in [3.63, 3.8) is 0 Å². The molecule has 0 bridgehead atoms. The van der Waals surface area contributed by atoms with Crippen molar-refractivity contribution >= 4 is 28.9 Å². The Morgan fingerprint density at radius 2 is 2.17 bits per heavy atom. The van der Waals surface area contributed by atoms with Crippen LogP contribution < -0.4 is 5.32 Å². The maximum absolute atomic E-state index is 11.7. The van der Waals surface area contributed by atoms with Crippen molar-refractivity contribution in [2.24, 2.45) is 0 Å². The first-order valence-electron chi connectivity index (χ1n) is 5.15. The van der Waals surface area contributed by atoms with Gasteiger partial charge >= 0.3 is 5.97 Å². The number of hydrogen-bond acceptors (Lipinski definition) is 4. The van der Waals surface area contributed by atoms with Gasteiger partial charge in [0.1, 0.15) is 0 Å². The molecule has 2 N–H and O–H groups in total. The van der Waals surface area contributed by atoms with E-state index in [0.29, 0.717) is 16.9 Å². The number of aliphatic carboxylic acids is 1. The number of hydrogen-bond donors (Lipinski definition) is 2. The first kappa shape index (κ1) is 12.3. The molecule has 2 aromatic rings. The lowest BCUT2D eigenvalue weighted by Crippen LogP contribution is -2.11. The maximum atomic E-state index is 11.7. The standard InChI is InChI=1S/C12H10N2O3S/c15-11(16)5-9-1-2-10(6-13-9)14-12(17)8-3-4-18-7-8/h1-4,6-7H,5H2,(H,14,17)(H,15,16). The molecular weight excluding hydrogens is 252 g/mol. The second kappa shape index (κ2) is 5.42. The van der Waals surface area contributed by atoms with Crippen LogP contribution in [0.15, 0.2) is 35.2 Å². The lowest BCUT2D eigenvalue weighted by molar-refractivity contribution is -0.136. The monoisotopic (exact) mass is 262 g/mol. The van der Waals surface area contributed by atoms with Crippen LogP contribution in [0.5, 0.6) is 0 Å². The molecular formula is C12H10N2O3S. The summed E-state index contributed by atoms with van der Waals surface area (Å²) in [5, 5.41) is 14.9. The molecule has 6 heteroatoms. The number of amides is 1. The number of carbonyl (C=O) groups is 2. The molecule has 5 nitrogen and oxygen atoms in total. The number of pyridine rings is 1. The van der Waals surface area contributed by atoms with Gasteiger partial charge < -0.3 is 10.4 Å². The number of thiophene rings is 1. The van der Waals surface area contributed by atoms with E-state index < -0.39 is 5.97 Å². The predicted molar refractivity (Wildman–Crippen MR) is 67.8 cm³/mol. The predicted octanol–water partition coefficient (Wildman–Crippen LogP) is 2.02. The molecule has 18 heavy (non-hydrogen) atoms. The highest BCUT2D eigenvalue weighted by Crippen LogP contribution is 2.11. The molecule has 0 saturated heterocycles. The fourth-order valence-electron chi connectivity index (χ4n) is 1.35. The molecule has 0 fully saturated rings. The van der Waals surface area contributed by atoms with Gasteiger partial charge in [0, 0.05) is 5.38 Å². The topological polar surface area (TPSA) is 79.3 Å². The molecule has 2 aromatic heterocycles. The average molecular weight is 262 g/mol. The van der Waals surface area contributed by atoms with E-state index >= 15 is 0 Å². The van der Waals surface area contributed by atoms with Crippen molar-refractivity contribution < 1.29 is 14.7 Å². The first-order chi connectivity index (χ1) is 8.65. The van der Waals surface area contributed by atoms with Gasteiger partial charge in [-0.3, -0.25) is 14.6 Å². The summed E-state index contributed by atoms with van der Waals surface area (Å²) in [6.07, 6.45) is 1.32. The lowest BCUT2D eigenvalue weighted by Gasteiger charge is -2.03. The fraction of sp³-hybridized carbons (Fsp3) is 0.0833. The number of anilines is 1. The van der Waals surface area contributed by atoms with Crippen LogP contribution in [0.25, 0.3) is 0 Å². The van der Waals surface area contributed by atoms with E-state index in [9.17, 15) is 9.59 Å². The van der Waals surface area contributed by atoms with Gasteiger partial charge in [0.25, 0.3) is 5.91 Å². The number of carboxylic acids is 1. The molecule has 0 aromatic carbocycles. The van der Waals surface area contributed by atoms with E-state index in [4.69, 9.17) is 5.11 Å². The van der Waals surface area contributed by atoms with E-state index in [-0.39, 0.29) is 12.3 Å².